The van der Waals surface area contributed by atoms with Crippen molar-refractivity contribution in [1.29, 1.82) is 0 Å². The molecule has 1 atom stereocenters. The van der Waals surface area contributed by atoms with Crippen molar-refractivity contribution < 1.29 is 5.11 Å². The van der Waals surface area contributed by atoms with Crippen molar-refractivity contribution >= 4 is 0 Å². The van der Waals surface area contributed by atoms with E-state index in [-0.39, 0.29) is 6.61 Å². The molecule has 20 heavy (non-hydrogen) atoms. The Balaban J connectivity index is 2.42. The molecule has 3 N–H and O–H groups in total. The fraction of sp³-hybridized carbons (Fsp3) is 0.333. The lowest BCUT2D eigenvalue weighted by molar-refractivity contribution is 0.196. The van der Waals surface area contributed by atoms with Crippen LogP contribution in [0.3, 0.4) is 0 Å². The highest BCUT2D eigenvalue weighted by molar-refractivity contribution is 5.35. The third kappa shape index (κ3) is 2.92. The van der Waals surface area contributed by atoms with E-state index < -0.39 is 5.41 Å². The highest BCUT2D eigenvalue weighted by atomic mass is 16.3. The van der Waals surface area contributed by atoms with E-state index in [4.69, 9.17) is 5.73 Å². The van der Waals surface area contributed by atoms with Gasteiger partial charge < -0.3 is 10.8 Å². The summed E-state index contributed by atoms with van der Waals surface area (Å²) in [6, 6.07) is 16.6. The maximum absolute atomic E-state index is 9.99. The number of hydrogen-bond acceptors (Lipinski definition) is 2. The molecule has 0 saturated carbocycles. The maximum atomic E-state index is 9.99. The van der Waals surface area contributed by atoms with Crippen LogP contribution in [-0.4, -0.2) is 18.3 Å². The predicted octanol–water partition coefficient (Wildman–Crippen LogP) is 2.73. The van der Waals surface area contributed by atoms with Crippen LogP contribution in [0.2, 0.25) is 0 Å². The van der Waals surface area contributed by atoms with Gasteiger partial charge in [0.2, 0.25) is 0 Å². The Kier molecular flexibility index (Phi) is 4.58. The van der Waals surface area contributed by atoms with Crippen LogP contribution in [0.25, 0.3) is 0 Å². The van der Waals surface area contributed by atoms with Crippen LogP contribution < -0.4 is 5.73 Å². The number of nitrogens with two attached hydrogens (primary N) is 1. The predicted molar refractivity (Wildman–Crippen MR) is 83.9 cm³/mol. The molecule has 0 amide bonds. The summed E-state index contributed by atoms with van der Waals surface area (Å²) in [7, 11) is 0. The lowest BCUT2D eigenvalue weighted by Gasteiger charge is -2.32. The monoisotopic (exact) mass is 269 g/mol. The van der Waals surface area contributed by atoms with Crippen LogP contribution in [0.15, 0.2) is 48.5 Å². The number of aliphatic hydroxyl groups excluding tert-OH is 1. The molecule has 0 heterocycles. The fourth-order valence-corrected chi connectivity index (χ4v) is 2.65. The summed E-state index contributed by atoms with van der Waals surface area (Å²) < 4.78 is 0. The zero-order valence-electron chi connectivity index (χ0n) is 12.3. The van der Waals surface area contributed by atoms with Gasteiger partial charge in [0.05, 0.1) is 6.61 Å². The lowest BCUT2D eigenvalue weighted by Crippen LogP contribution is -2.41. The molecule has 0 fully saturated rings. The van der Waals surface area contributed by atoms with Crippen LogP contribution in [0.1, 0.15) is 22.3 Å². The van der Waals surface area contributed by atoms with Gasteiger partial charge in [-0.2, -0.15) is 0 Å². The zero-order valence-corrected chi connectivity index (χ0v) is 12.3. The molecule has 0 aliphatic rings. The van der Waals surface area contributed by atoms with Gasteiger partial charge in [-0.15, -0.1) is 0 Å². The molecule has 0 radical (unpaired) electrons. The highest BCUT2D eigenvalue weighted by Gasteiger charge is 2.31. The van der Waals surface area contributed by atoms with Gasteiger partial charge >= 0.3 is 0 Å². The molecule has 0 aliphatic heterocycles. The van der Waals surface area contributed by atoms with Crippen molar-refractivity contribution in [3.63, 3.8) is 0 Å². The minimum Gasteiger partial charge on any atom is -0.395 e. The van der Waals surface area contributed by atoms with Crippen LogP contribution >= 0.6 is 0 Å². The first kappa shape index (κ1) is 14.8. The maximum Gasteiger partial charge on any atom is 0.0543 e. The van der Waals surface area contributed by atoms with Crippen LogP contribution in [0, 0.1) is 13.8 Å². The third-order valence-electron chi connectivity index (χ3n) is 4.11. The van der Waals surface area contributed by atoms with Gasteiger partial charge in [-0.25, -0.2) is 0 Å². The molecule has 0 bridgehead atoms. The SMILES string of the molecule is Cc1cccc(C(CN)(CO)Cc2ccccc2C)c1. The average molecular weight is 269 g/mol. The Morgan fingerprint density at radius 1 is 1.05 bits per heavy atom. The minimum absolute atomic E-state index is 0.0568. The molecule has 0 aliphatic carbocycles. The van der Waals surface area contributed by atoms with Crippen LogP contribution in [0.4, 0.5) is 0 Å². The van der Waals surface area contributed by atoms with Crippen molar-refractivity contribution in [2.75, 3.05) is 13.2 Å². The number of hydrogen-bond donors (Lipinski definition) is 2. The second kappa shape index (κ2) is 6.21. The summed E-state index contributed by atoms with van der Waals surface area (Å²) >= 11 is 0. The van der Waals surface area contributed by atoms with Gasteiger partial charge in [-0.05, 0) is 37.0 Å². The molecule has 0 aromatic heterocycles. The third-order valence-corrected chi connectivity index (χ3v) is 4.11. The Labute approximate surface area is 121 Å². The van der Waals surface area contributed by atoms with E-state index in [2.05, 4.69) is 44.2 Å². The van der Waals surface area contributed by atoms with E-state index in [1.807, 2.05) is 18.2 Å². The molecule has 0 spiro atoms. The summed E-state index contributed by atoms with van der Waals surface area (Å²) in [5.74, 6) is 0. The van der Waals surface area contributed by atoms with E-state index in [9.17, 15) is 5.11 Å². The van der Waals surface area contributed by atoms with Gasteiger partial charge in [0.1, 0.15) is 0 Å². The van der Waals surface area contributed by atoms with E-state index in [0.717, 1.165) is 12.0 Å². The molecule has 2 heteroatoms. The second-order valence-electron chi connectivity index (χ2n) is 5.62. The van der Waals surface area contributed by atoms with Crippen molar-refractivity contribution in [2.45, 2.75) is 25.7 Å². The quantitative estimate of drug-likeness (QED) is 0.876. The number of benzene rings is 2. The number of rotatable bonds is 5. The first-order valence-corrected chi connectivity index (χ1v) is 7.04. The first-order chi connectivity index (χ1) is 9.61. The zero-order chi connectivity index (χ0) is 14.6. The standard InChI is InChI=1S/C18H23NO/c1-14-6-5-9-17(10-14)18(12-19,13-20)11-16-8-4-3-7-15(16)2/h3-10,20H,11-13,19H2,1-2H3. The van der Waals surface area contributed by atoms with E-state index in [1.165, 1.54) is 16.7 Å². The van der Waals surface area contributed by atoms with E-state index >= 15 is 0 Å². The van der Waals surface area contributed by atoms with E-state index in [0.29, 0.717) is 6.54 Å². The van der Waals surface area contributed by atoms with Crippen LogP contribution in [0.5, 0.6) is 0 Å². The summed E-state index contributed by atoms with van der Waals surface area (Å²) in [6.07, 6.45) is 0.760. The molecule has 106 valence electrons. The van der Waals surface area contributed by atoms with Crippen molar-refractivity contribution in [2.24, 2.45) is 5.73 Å². The molecule has 1 unspecified atom stereocenters. The average Bonchev–Trinajstić information content (AvgIpc) is 2.47. The minimum atomic E-state index is -0.405. The summed E-state index contributed by atoms with van der Waals surface area (Å²) in [5.41, 5.74) is 10.4. The lowest BCUT2D eigenvalue weighted by atomic mass is 9.75. The normalized spacial score (nSPS) is 14.0. The van der Waals surface area contributed by atoms with Crippen molar-refractivity contribution in [3.05, 3.63) is 70.8 Å². The van der Waals surface area contributed by atoms with Crippen molar-refractivity contribution in [3.8, 4) is 0 Å². The van der Waals surface area contributed by atoms with Crippen molar-refractivity contribution in [1.82, 2.24) is 0 Å². The van der Waals surface area contributed by atoms with E-state index in [1.54, 1.807) is 0 Å². The first-order valence-electron chi connectivity index (χ1n) is 7.04. The smallest absolute Gasteiger partial charge is 0.0543 e. The Morgan fingerprint density at radius 3 is 2.40 bits per heavy atom. The summed E-state index contributed by atoms with van der Waals surface area (Å²) in [6.45, 7) is 4.66. The molecule has 0 saturated heterocycles. The Hall–Kier alpha value is -1.64. The Bertz CT molecular complexity index is 573. The van der Waals surface area contributed by atoms with Crippen LogP contribution in [-0.2, 0) is 11.8 Å². The molecule has 2 aromatic carbocycles. The Morgan fingerprint density at radius 2 is 1.80 bits per heavy atom. The van der Waals surface area contributed by atoms with Gasteiger partial charge in [-0.1, -0.05) is 54.1 Å². The summed E-state index contributed by atoms with van der Waals surface area (Å²) in [5, 5.41) is 9.99. The topological polar surface area (TPSA) is 46.2 Å². The highest BCUT2D eigenvalue weighted by Crippen LogP contribution is 2.29. The summed E-state index contributed by atoms with van der Waals surface area (Å²) in [4.78, 5) is 0. The molecule has 2 aromatic rings. The molecular weight excluding hydrogens is 246 g/mol. The molecule has 2 nitrogen and oxygen atoms in total. The number of aliphatic hydroxyl groups is 1. The number of aryl methyl sites for hydroxylation is 2. The van der Waals surface area contributed by atoms with Gasteiger partial charge in [-0.3, -0.25) is 0 Å². The fourth-order valence-electron chi connectivity index (χ4n) is 2.65. The van der Waals surface area contributed by atoms with Gasteiger partial charge in [0.25, 0.3) is 0 Å². The largest absolute Gasteiger partial charge is 0.395 e. The second-order valence-corrected chi connectivity index (χ2v) is 5.62. The molecule has 2 rings (SSSR count). The van der Waals surface area contributed by atoms with Gasteiger partial charge in [0, 0.05) is 12.0 Å². The van der Waals surface area contributed by atoms with Gasteiger partial charge in [0.15, 0.2) is 0 Å². The molecular formula is C18H23NO.